The molecule has 0 atom stereocenters. The van der Waals surface area contributed by atoms with Crippen LogP contribution >= 0.6 is 0 Å². The third-order valence-electron chi connectivity index (χ3n) is 3.79. The predicted molar refractivity (Wildman–Crippen MR) is 86.1 cm³/mol. The fourth-order valence-corrected chi connectivity index (χ4v) is 2.60. The maximum atomic E-state index is 13.2. The van der Waals surface area contributed by atoms with Crippen LogP contribution in [-0.2, 0) is 6.54 Å². The smallest absolute Gasteiger partial charge is 0.257 e. The van der Waals surface area contributed by atoms with Gasteiger partial charge in [0.05, 0.1) is 18.4 Å². The minimum Gasteiger partial charge on any atom is -0.467 e. The largest absolute Gasteiger partial charge is 0.467 e. The van der Waals surface area contributed by atoms with E-state index in [0.29, 0.717) is 17.8 Å². The average Bonchev–Trinajstić information content (AvgIpc) is 3.11. The van der Waals surface area contributed by atoms with Crippen LogP contribution in [0.1, 0.15) is 27.5 Å². The molecule has 4 nitrogen and oxygen atoms in total. The van der Waals surface area contributed by atoms with Crippen molar-refractivity contribution in [1.29, 1.82) is 0 Å². The molecule has 2 aromatic heterocycles. The Bertz CT molecular complexity index is 835. The van der Waals surface area contributed by atoms with Crippen molar-refractivity contribution in [3.05, 3.63) is 77.3 Å². The van der Waals surface area contributed by atoms with E-state index in [9.17, 15) is 9.18 Å². The molecular formula is C18H17FN2O2. The van der Waals surface area contributed by atoms with E-state index in [0.717, 1.165) is 17.1 Å². The Morgan fingerprint density at radius 3 is 2.74 bits per heavy atom. The first-order valence-electron chi connectivity index (χ1n) is 7.30. The van der Waals surface area contributed by atoms with Gasteiger partial charge in [0.25, 0.3) is 5.91 Å². The van der Waals surface area contributed by atoms with Crippen LogP contribution in [0.15, 0.2) is 53.1 Å². The van der Waals surface area contributed by atoms with Crippen LogP contribution in [0.25, 0.3) is 0 Å². The number of furan rings is 1. The molecule has 5 heteroatoms. The zero-order valence-corrected chi connectivity index (χ0v) is 13.0. The second kappa shape index (κ2) is 6.12. The van der Waals surface area contributed by atoms with Gasteiger partial charge in [-0.2, -0.15) is 0 Å². The number of hydrogen-bond donors (Lipinski definition) is 1. The summed E-state index contributed by atoms with van der Waals surface area (Å²) in [4.78, 5) is 12.4. The Kier molecular flexibility index (Phi) is 4.02. The lowest BCUT2D eigenvalue weighted by Crippen LogP contribution is -2.13. The van der Waals surface area contributed by atoms with E-state index in [2.05, 4.69) is 5.32 Å². The lowest BCUT2D eigenvalue weighted by molar-refractivity contribution is 0.102. The quantitative estimate of drug-likeness (QED) is 0.787. The summed E-state index contributed by atoms with van der Waals surface area (Å²) < 4.78 is 20.6. The first-order chi connectivity index (χ1) is 11.0. The van der Waals surface area contributed by atoms with Crippen molar-refractivity contribution in [2.24, 2.45) is 0 Å². The number of carbonyl (C=O) groups excluding carboxylic acids is 1. The molecule has 0 bridgehead atoms. The molecule has 0 aliphatic rings. The number of hydrogen-bond acceptors (Lipinski definition) is 2. The van der Waals surface area contributed by atoms with Gasteiger partial charge in [-0.05, 0) is 50.2 Å². The van der Waals surface area contributed by atoms with Crippen molar-refractivity contribution in [2.75, 3.05) is 5.32 Å². The van der Waals surface area contributed by atoms with E-state index < -0.39 is 0 Å². The van der Waals surface area contributed by atoms with Gasteiger partial charge in [-0.1, -0.05) is 6.07 Å². The molecule has 0 saturated heterocycles. The van der Waals surface area contributed by atoms with Crippen LogP contribution in [0, 0.1) is 19.7 Å². The van der Waals surface area contributed by atoms with Gasteiger partial charge in [0.2, 0.25) is 0 Å². The molecule has 1 N–H and O–H groups in total. The number of rotatable bonds is 4. The molecule has 23 heavy (non-hydrogen) atoms. The molecule has 0 unspecified atom stereocenters. The van der Waals surface area contributed by atoms with Crippen LogP contribution in [0.4, 0.5) is 10.1 Å². The zero-order valence-electron chi connectivity index (χ0n) is 13.0. The monoisotopic (exact) mass is 312 g/mol. The molecule has 0 fully saturated rings. The normalized spacial score (nSPS) is 10.7. The molecule has 2 heterocycles. The van der Waals surface area contributed by atoms with E-state index in [1.165, 1.54) is 12.1 Å². The Morgan fingerprint density at radius 1 is 1.22 bits per heavy atom. The number of aromatic nitrogens is 1. The molecule has 0 saturated carbocycles. The standard InChI is InChI=1S/C18H17FN2O2/c1-12-9-17(13(2)21(12)11-16-7-4-8-23-16)18(22)20-15-6-3-5-14(19)10-15/h3-10H,11H2,1-2H3,(H,20,22). The van der Waals surface area contributed by atoms with E-state index in [1.807, 2.05) is 36.6 Å². The number of nitrogens with zero attached hydrogens (tertiary/aromatic N) is 1. The number of aryl methyl sites for hydroxylation is 1. The average molecular weight is 312 g/mol. The Labute approximate surface area is 133 Å². The highest BCUT2D eigenvalue weighted by Gasteiger charge is 2.16. The predicted octanol–water partition coefficient (Wildman–Crippen LogP) is 4.14. The Morgan fingerprint density at radius 2 is 2.04 bits per heavy atom. The van der Waals surface area contributed by atoms with Crippen LogP contribution in [0.2, 0.25) is 0 Å². The first-order valence-corrected chi connectivity index (χ1v) is 7.30. The number of amides is 1. The summed E-state index contributed by atoms with van der Waals surface area (Å²) in [5, 5.41) is 2.72. The third-order valence-corrected chi connectivity index (χ3v) is 3.79. The van der Waals surface area contributed by atoms with Gasteiger partial charge in [0, 0.05) is 17.1 Å². The molecule has 1 amide bonds. The summed E-state index contributed by atoms with van der Waals surface area (Å²) in [7, 11) is 0. The minimum absolute atomic E-state index is 0.255. The summed E-state index contributed by atoms with van der Waals surface area (Å²) in [6.45, 7) is 4.39. The second-order valence-electron chi connectivity index (χ2n) is 5.41. The third kappa shape index (κ3) is 3.18. The molecule has 3 aromatic rings. The van der Waals surface area contributed by atoms with Gasteiger partial charge in [-0.3, -0.25) is 4.79 Å². The number of nitrogens with one attached hydrogen (secondary N) is 1. The van der Waals surface area contributed by atoms with Crippen molar-refractivity contribution in [1.82, 2.24) is 4.57 Å². The van der Waals surface area contributed by atoms with E-state index in [-0.39, 0.29) is 11.7 Å². The molecule has 0 radical (unpaired) electrons. The summed E-state index contributed by atoms with van der Waals surface area (Å²) >= 11 is 0. The topological polar surface area (TPSA) is 47.2 Å². The number of benzene rings is 1. The highest BCUT2D eigenvalue weighted by molar-refractivity contribution is 6.05. The molecule has 0 aliphatic carbocycles. The molecule has 0 aliphatic heterocycles. The van der Waals surface area contributed by atoms with Crippen molar-refractivity contribution < 1.29 is 13.6 Å². The molecule has 0 spiro atoms. The lowest BCUT2D eigenvalue weighted by Gasteiger charge is -2.08. The van der Waals surface area contributed by atoms with Crippen LogP contribution in [0.3, 0.4) is 0 Å². The fraction of sp³-hybridized carbons (Fsp3) is 0.167. The highest BCUT2D eigenvalue weighted by atomic mass is 19.1. The Balaban J connectivity index is 1.84. The van der Waals surface area contributed by atoms with Crippen molar-refractivity contribution >= 4 is 11.6 Å². The van der Waals surface area contributed by atoms with Gasteiger partial charge in [-0.25, -0.2) is 4.39 Å². The zero-order chi connectivity index (χ0) is 16.4. The molecular weight excluding hydrogens is 295 g/mol. The summed E-state index contributed by atoms with van der Waals surface area (Å²) in [5.41, 5.74) is 2.81. The number of halogens is 1. The van der Waals surface area contributed by atoms with E-state index in [4.69, 9.17) is 4.42 Å². The Hall–Kier alpha value is -2.82. The lowest BCUT2D eigenvalue weighted by atomic mass is 10.2. The van der Waals surface area contributed by atoms with E-state index >= 15 is 0 Å². The van der Waals surface area contributed by atoms with Gasteiger partial charge >= 0.3 is 0 Å². The summed E-state index contributed by atoms with van der Waals surface area (Å²) in [6.07, 6.45) is 1.63. The summed E-state index contributed by atoms with van der Waals surface area (Å²) in [5.74, 6) is 0.185. The SMILES string of the molecule is Cc1cc(C(=O)Nc2cccc(F)c2)c(C)n1Cc1ccco1. The van der Waals surface area contributed by atoms with Crippen LogP contribution in [-0.4, -0.2) is 10.5 Å². The van der Waals surface area contributed by atoms with Gasteiger partial charge in [0.15, 0.2) is 0 Å². The minimum atomic E-state index is -0.383. The molecule has 3 rings (SSSR count). The molecule has 118 valence electrons. The second-order valence-corrected chi connectivity index (χ2v) is 5.41. The maximum absolute atomic E-state index is 13.2. The molecule has 1 aromatic carbocycles. The number of anilines is 1. The van der Waals surface area contributed by atoms with Crippen molar-refractivity contribution in [3.8, 4) is 0 Å². The van der Waals surface area contributed by atoms with Gasteiger partial charge in [0.1, 0.15) is 11.6 Å². The van der Waals surface area contributed by atoms with Gasteiger partial charge < -0.3 is 14.3 Å². The fourth-order valence-electron chi connectivity index (χ4n) is 2.60. The first kappa shape index (κ1) is 15.1. The number of carbonyl (C=O) groups is 1. The van der Waals surface area contributed by atoms with E-state index in [1.54, 1.807) is 18.4 Å². The van der Waals surface area contributed by atoms with Crippen LogP contribution in [0.5, 0.6) is 0 Å². The van der Waals surface area contributed by atoms with Crippen molar-refractivity contribution in [3.63, 3.8) is 0 Å². The highest BCUT2D eigenvalue weighted by Crippen LogP contribution is 2.19. The van der Waals surface area contributed by atoms with Crippen molar-refractivity contribution in [2.45, 2.75) is 20.4 Å². The van der Waals surface area contributed by atoms with Gasteiger partial charge in [-0.15, -0.1) is 0 Å². The van der Waals surface area contributed by atoms with Crippen LogP contribution < -0.4 is 5.32 Å². The summed E-state index contributed by atoms with van der Waals surface area (Å²) in [6, 6.07) is 11.4. The maximum Gasteiger partial charge on any atom is 0.257 e.